The number of halogens is 1. The zero-order valence-electron chi connectivity index (χ0n) is 9.37. The molecule has 2 rings (SSSR count). The third-order valence-electron chi connectivity index (χ3n) is 3.10. The maximum Gasteiger partial charge on any atom is 0.151 e. The summed E-state index contributed by atoms with van der Waals surface area (Å²) >= 11 is 5.70. The topological polar surface area (TPSA) is 29.0 Å². The van der Waals surface area contributed by atoms with Crippen LogP contribution in [0.1, 0.15) is 26.7 Å². The van der Waals surface area contributed by atoms with Crippen molar-refractivity contribution in [3.05, 3.63) is 17.3 Å². The predicted octanol–water partition coefficient (Wildman–Crippen LogP) is 2.75. The molecule has 0 amide bonds. The van der Waals surface area contributed by atoms with E-state index in [-0.39, 0.29) is 0 Å². The molecule has 0 atom stereocenters. The molecule has 3 nitrogen and oxygen atoms in total. The Morgan fingerprint density at radius 1 is 1.33 bits per heavy atom. The van der Waals surface area contributed by atoms with Gasteiger partial charge in [0.15, 0.2) is 11.0 Å². The van der Waals surface area contributed by atoms with E-state index in [0.717, 1.165) is 5.82 Å². The highest BCUT2D eigenvalue weighted by Crippen LogP contribution is 2.43. The van der Waals surface area contributed by atoms with Gasteiger partial charge in [-0.2, -0.15) is 0 Å². The highest BCUT2D eigenvalue weighted by atomic mass is 35.5. The molecule has 4 heteroatoms. The van der Waals surface area contributed by atoms with Gasteiger partial charge in [0.1, 0.15) is 0 Å². The minimum absolute atomic E-state index is 0.445. The maximum absolute atomic E-state index is 5.70. The molecule has 1 aliphatic carbocycles. The Balaban J connectivity index is 2.03. The van der Waals surface area contributed by atoms with Crippen LogP contribution in [0.4, 0.5) is 5.82 Å². The van der Waals surface area contributed by atoms with Crippen molar-refractivity contribution >= 4 is 17.4 Å². The number of hydrogen-bond donors (Lipinski definition) is 0. The second-order valence-electron chi connectivity index (χ2n) is 5.05. The second kappa shape index (κ2) is 3.63. The summed E-state index contributed by atoms with van der Waals surface area (Å²) in [6.07, 6.45) is 2.43. The number of nitrogens with zero attached hydrogens (tertiary/aromatic N) is 3. The van der Waals surface area contributed by atoms with Crippen molar-refractivity contribution < 1.29 is 0 Å². The molecule has 82 valence electrons. The molecule has 0 spiro atoms. The minimum Gasteiger partial charge on any atom is -0.355 e. The van der Waals surface area contributed by atoms with Crippen molar-refractivity contribution in [3.8, 4) is 0 Å². The zero-order chi connectivity index (χ0) is 11.1. The zero-order valence-corrected chi connectivity index (χ0v) is 10.1. The molecule has 0 aromatic carbocycles. The molecule has 15 heavy (non-hydrogen) atoms. The fraction of sp³-hybridized carbons (Fsp3) is 0.636. The molecule has 0 unspecified atom stereocenters. The Kier molecular flexibility index (Phi) is 2.59. The summed E-state index contributed by atoms with van der Waals surface area (Å²) in [6.45, 7) is 4.59. The molecule has 1 aromatic heterocycles. The van der Waals surface area contributed by atoms with Gasteiger partial charge in [-0.05, 0) is 30.4 Å². The van der Waals surface area contributed by atoms with Crippen LogP contribution in [0.5, 0.6) is 0 Å². The van der Waals surface area contributed by atoms with Gasteiger partial charge in [-0.3, -0.25) is 0 Å². The molecule has 0 bridgehead atoms. The van der Waals surface area contributed by atoms with Crippen LogP contribution in [0.25, 0.3) is 0 Å². The van der Waals surface area contributed by atoms with Gasteiger partial charge in [0.05, 0.1) is 0 Å². The van der Waals surface area contributed by atoms with Crippen LogP contribution in [0, 0.1) is 5.41 Å². The average Bonchev–Trinajstić information content (AvgIpc) is 2.14. The van der Waals surface area contributed by atoms with Gasteiger partial charge in [-0.15, -0.1) is 10.2 Å². The Hall–Kier alpha value is -0.830. The highest BCUT2D eigenvalue weighted by molar-refractivity contribution is 6.29. The van der Waals surface area contributed by atoms with Gasteiger partial charge in [-0.1, -0.05) is 25.4 Å². The van der Waals surface area contributed by atoms with Gasteiger partial charge in [-0.25, -0.2) is 0 Å². The maximum atomic E-state index is 5.70. The summed E-state index contributed by atoms with van der Waals surface area (Å²) in [5.41, 5.74) is 0.485. The molecular formula is C11H16ClN3. The van der Waals surface area contributed by atoms with E-state index in [1.165, 1.54) is 12.8 Å². The lowest BCUT2D eigenvalue weighted by molar-refractivity contribution is 0.150. The fourth-order valence-electron chi connectivity index (χ4n) is 2.17. The summed E-state index contributed by atoms with van der Waals surface area (Å²) in [6, 6.07) is 4.29. The van der Waals surface area contributed by atoms with Gasteiger partial charge in [0.25, 0.3) is 0 Å². The van der Waals surface area contributed by atoms with E-state index in [2.05, 4.69) is 36.0 Å². The van der Waals surface area contributed by atoms with E-state index >= 15 is 0 Å². The van der Waals surface area contributed by atoms with Crippen molar-refractivity contribution in [2.75, 3.05) is 11.9 Å². The molecule has 0 aliphatic heterocycles. The SMILES string of the molecule is CN(c1ccc(Cl)nn1)C1CC(C)(C)C1. The quantitative estimate of drug-likeness (QED) is 0.775. The van der Waals surface area contributed by atoms with Crippen molar-refractivity contribution in [1.29, 1.82) is 0 Å². The van der Waals surface area contributed by atoms with Crippen LogP contribution in [-0.4, -0.2) is 23.3 Å². The normalized spacial score (nSPS) is 19.7. The first-order valence-electron chi connectivity index (χ1n) is 5.20. The van der Waals surface area contributed by atoms with E-state index in [4.69, 9.17) is 11.6 Å². The third-order valence-corrected chi connectivity index (χ3v) is 3.31. The summed E-state index contributed by atoms with van der Waals surface area (Å²) in [5.74, 6) is 0.903. The third kappa shape index (κ3) is 2.23. The van der Waals surface area contributed by atoms with E-state index in [9.17, 15) is 0 Å². The van der Waals surface area contributed by atoms with Crippen molar-refractivity contribution in [1.82, 2.24) is 10.2 Å². The van der Waals surface area contributed by atoms with Crippen LogP contribution in [0.2, 0.25) is 5.15 Å². The van der Waals surface area contributed by atoms with Gasteiger partial charge < -0.3 is 4.90 Å². The van der Waals surface area contributed by atoms with E-state index in [1.807, 2.05) is 6.07 Å². The average molecular weight is 226 g/mol. The largest absolute Gasteiger partial charge is 0.355 e. The summed E-state index contributed by atoms with van der Waals surface area (Å²) < 4.78 is 0. The number of hydrogen-bond acceptors (Lipinski definition) is 3. The number of aromatic nitrogens is 2. The Labute approximate surface area is 95.5 Å². The van der Waals surface area contributed by atoms with E-state index in [1.54, 1.807) is 6.07 Å². The first-order valence-corrected chi connectivity index (χ1v) is 5.58. The van der Waals surface area contributed by atoms with Crippen LogP contribution in [0.3, 0.4) is 0 Å². The molecule has 0 radical (unpaired) electrons. The number of rotatable bonds is 2. The Morgan fingerprint density at radius 3 is 2.47 bits per heavy atom. The summed E-state index contributed by atoms with van der Waals surface area (Å²) in [7, 11) is 2.07. The lowest BCUT2D eigenvalue weighted by Crippen LogP contribution is -2.47. The predicted molar refractivity (Wildman–Crippen MR) is 62.2 cm³/mol. The van der Waals surface area contributed by atoms with Crippen LogP contribution < -0.4 is 4.90 Å². The van der Waals surface area contributed by atoms with Crippen LogP contribution >= 0.6 is 11.6 Å². The summed E-state index contributed by atoms with van der Waals surface area (Å²) in [4.78, 5) is 2.19. The smallest absolute Gasteiger partial charge is 0.151 e. The van der Waals surface area contributed by atoms with E-state index in [0.29, 0.717) is 16.6 Å². The first-order chi connectivity index (χ1) is 6.98. The molecule has 1 fully saturated rings. The highest BCUT2D eigenvalue weighted by Gasteiger charge is 2.38. The summed E-state index contributed by atoms with van der Waals surface area (Å²) in [5, 5.41) is 8.37. The van der Waals surface area contributed by atoms with Gasteiger partial charge in [0.2, 0.25) is 0 Å². The molecule has 1 saturated carbocycles. The molecule has 1 aliphatic rings. The Bertz CT molecular complexity index is 339. The standard InChI is InChI=1S/C11H16ClN3/c1-11(2)6-8(7-11)15(3)10-5-4-9(12)13-14-10/h4-5,8H,6-7H2,1-3H3. The molecule has 1 aromatic rings. The van der Waals surface area contributed by atoms with Crippen molar-refractivity contribution in [3.63, 3.8) is 0 Å². The fourth-order valence-corrected chi connectivity index (χ4v) is 2.27. The first kappa shape index (κ1) is 10.7. The molecule has 0 saturated heterocycles. The van der Waals surface area contributed by atoms with Crippen molar-refractivity contribution in [2.45, 2.75) is 32.7 Å². The molecule has 1 heterocycles. The van der Waals surface area contributed by atoms with Gasteiger partial charge in [0, 0.05) is 13.1 Å². The number of anilines is 1. The molecular weight excluding hydrogens is 210 g/mol. The lowest BCUT2D eigenvalue weighted by atomic mass is 9.68. The Morgan fingerprint density at radius 2 is 2.00 bits per heavy atom. The van der Waals surface area contributed by atoms with Gasteiger partial charge >= 0.3 is 0 Å². The second-order valence-corrected chi connectivity index (χ2v) is 5.44. The van der Waals surface area contributed by atoms with E-state index < -0.39 is 0 Å². The van der Waals surface area contributed by atoms with Crippen molar-refractivity contribution in [2.24, 2.45) is 5.41 Å². The van der Waals surface area contributed by atoms with Crippen LogP contribution in [-0.2, 0) is 0 Å². The van der Waals surface area contributed by atoms with Crippen LogP contribution in [0.15, 0.2) is 12.1 Å². The minimum atomic E-state index is 0.445. The lowest BCUT2D eigenvalue weighted by Gasteiger charge is -2.47. The monoisotopic (exact) mass is 225 g/mol. The molecule has 0 N–H and O–H groups in total.